The van der Waals surface area contributed by atoms with E-state index in [0.29, 0.717) is 27.8 Å². The number of anilines is 1. The number of thioether (sulfide) groups is 1. The summed E-state index contributed by atoms with van der Waals surface area (Å²) in [5.41, 5.74) is 1.04. The monoisotopic (exact) mass is 447 g/mol. The lowest BCUT2D eigenvalue weighted by Gasteiger charge is -2.12. The smallest absolute Gasteiger partial charge is 0.344 e. The van der Waals surface area contributed by atoms with Crippen molar-refractivity contribution in [2.45, 2.75) is 6.92 Å². The Labute approximate surface area is 182 Å². The van der Waals surface area contributed by atoms with Crippen LogP contribution >= 0.6 is 23.4 Å². The van der Waals surface area contributed by atoms with Gasteiger partial charge < -0.3 is 14.2 Å². The first-order chi connectivity index (χ1) is 14.4. The fourth-order valence-corrected chi connectivity index (χ4v) is 3.72. The van der Waals surface area contributed by atoms with Crippen LogP contribution in [0.15, 0.2) is 47.4 Å². The lowest BCUT2D eigenvalue weighted by Crippen LogP contribution is -2.27. The SMILES string of the molecule is CCOC(=O)COc1ccc(C=C2SC(=O)N(c3cccc(Cl)c3)C2=O)cc1OC. The highest BCUT2D eigenvalue weighted by atomic mass is 35.5. The van der Waals surface area contributed by atoms with E-state index in [4.69, 9.17) is 25.8 Å². The average Bonchev–Trinajstić information content (AvgIpc) is 3.00. The van der Waals surface area contributed by atoms with Gasteiger partial charge in [-0.05, 0) is 60.7 Å². The van der Waals surface area contributed by atoms with E-state index < -0.39 is 17.1 Å². The first-order valence-electron chi connectivity index (χ1n) is 8.93. The van der Waals surface area contributed by atoms with E-state index in [0.717, 1.165) is 16.7 Å². The third-order valence-corrected chi connectivity index (χ3v) is 5.10. The summed E-state index contributed by atoms with van der Waals surface area (Å²) in [5, 5.41) is 0.0218. The molecule has 0 aromatic heterocycles. The number of hydrogen-bond donors (Lipinski definition) is 0. The van der Waals surface area contributed by atoms with Crippen molar-refractivity contribution in [3.8, 4) is 11.5 Å². The van der Waals surface area contributed by atoms with Crippen molar-refractivity contribution < 1.29 is 28.6 Å². The summed E-state index contributed by atoms with van der Waals surface area (Å²) in [6, 6.07) is 11.5. The largest absolute Gasteiger partial charge is 0.493 e. The number of ether oxygens (including phenoxy) is 3. The van der Waals surface area contributed by atoms with E-state index in [1.165, 1.54) is 7.11 Å². The van der Waals surface area contributed by atoms with E-state index >= 15 is 0 Å². The number of esters is 1. The number of rotatable bonds is 7. The van der Waals surface area contributed by atoms with Crippen molar-refractivity contribution >= 4 is 52.2 Å². The van der Waals surface area contributed by atoms with E-state index in [-0.39, 0.29) is 18.1 Å². The number of amides is 2. The second-order valence-corrected chi connectivity index (χ2v) is 7.43. The van der Waals surface area contributed by atoms with E-state index in [1.807, 2.05) is 0 Å². The van der Waals surface area contributed by atoms with Gasteiger partial charge in [-0.3, -0.25) is 9.59 Å². The minimum absolute atomic E-state index is 0.248. The Hall–Kier alpha value is -2.97. The van der Waals surface area contributed by atoms with Crippen LogP contribution in [-0.2, 0) is 14.3 Å². The van der Waals surface area contributed by atoms with Gasteiger partial charge in [-0.25, -0.2) is 9.69 Å². The van der Waals surface area contributed by atoms with Gasteiger partial charge in [0.2, 0.25) is 0 Å². The number of carbonyl (C=O) groups excluding carboxylic acids is 3. The number of carbonyl (C=O) groups is 3. The summed E-state index contributed by atoms with van der Waals surface area (Å²) in [4.78, 5) is 37.9. The first kappa shape index (κ1) is 21.7. The molecule has 30 heavy (non-hydrogen) atoms. The van der Waals surface area contributed by atoms with Crippen LogP contribution in [0.3, 0.4) is 0 Å². The predicted molar refractivity (Wildman–Crippen MR) is 115 cm³/mol. The summed E-state index contributed by atoms with van der Waals surface area (Å²) in [6.07, 6.45) is 1.59. The fourth-order valence-electron chi connectivity index (χ4n) is 2.69. The minimum Gasteiger partial charge on any atom is -0.493 e. The number of halogens is 1. The number of imide groups is 1. The van der Waals surface area contributed by atoms with Gasteiger partial charge in [-0.2, -0.15) is 0 Å². The Bertz CT molecular complexity index is 1020. The molecule has 0 N–H and O–H groups in total. The first-order valence-corrected chi connectivity index (χ1v) is 10.1. The van der Waals surface area contributed by atoms with Gasteiger partial charge in [-0.15, -0.1) is 0 Å². The Morgan fingerprint density at radius 1 is 1.17 bits per heavy atom. The van der Waals surface area contributed by atoms with Gasteiger partial charge in [0.05, 0.1) is 24.3 Å². The second kappa shape index (κ2) is 9.69. The summed E-state index contributed by atoms with van der Waals surface area (Å²) in [6.45, 7) is 1.73. The van der Waals surface area contributed by atoms with Crippen molar-refractivity contribution in [3.63, 3.8) is 0 Å². The van der Waals surface area contributed by atoms with Crippen LogP contribution in [0.4, 0.5) is 10.5 Å². The lowest BCUT2D eigenvalue weighted by molar-refractivity contribution is -0.145. The molecular weight excluding hydrogens is 430 g/mol. The van der Waals surface area contributed by atoms with Gasteiger partial charge in [0.25, 0.3) is 11.1 Å². The van der Waals surface area contributed by atoms with Crippen LogP contribution in [0.1, 0.15) is 12.5 Å². The predicted octanol–water partition coefficient (Wildman–Crippen LogP) is 4.53. The summed E-state index contributed by atoms with van der Waals surface area (Å²) in [7, 11) is 1.46. The number of methoxy groups -OCH3 is 1. The highest BCUT2D eigenvalue weighted by Crippen LogP contribution is 2.37. The Kier molecular flexibility index (Phi) is 7.02. The molecule has 1 heterocycles. The van der Waals surface area contributed by atoms with Crippen molar-refractivity contribution in [1.82, 2.24) is 0 Å². The van der Waals surface area contributed by atoms with Crippen LogP contribution in [0.25, 0.3) is 6.08 Å². The summed E-state index contributed by atoms with van der Waals surface area (Å²) >= 11 is 6.81. The topological polar surface area (TPSA) is 82.1 Å². The van der Waals surface area contributed by atoms with Crippen molar-refractivity contribution in [1.29, 1.82) is 0 Å². The third kappa shape index (κ3) is 4.95. The fraction of sp³-hybridized carbons (Fsp3) is 0.190. The molecule has 0 atom stereocenters. The zero-order valence-corrected chi connectivity index (χ0v) is 17.8. The molecule has 7 nitrogen and oxygen atoms in total. The third-order valence-electron chi connectivity index (χ3n) is 4.00. The molecule has 156 valence electrons. The zero-order chi connectivity index (χ0) is 21.7. The standard InChI is InChI=1S/C21H18ClNO6S/c1-3-28-19(24)12-29-16-8-7-13(9-17(16)27-2)10-18-20(25)23(21(26)30-18)15-6-4-5-14(22)11-15/h4-11H,3,12H2,1-2H3. The lowest BCUT2D eigenvalue weighted by atomic mass is 10.2. The van der Waals surface area contributed by atoms with Crippen LogP contribution < -0.4 is 14.4 Å². The normalized spacial score (nSPS) is 14.9. The molecule has 0 aliphatic carbocycles. The zero-order valence-electron chi connectivity index (χ0n) is 16.2. The molecule has 0 unspecified atom stereocenters. The summed E-state index contributed by atoms with van der Waals surface area (Å²) in [5.74, 6) is -0.191. The van der Waals surface area contributed by atoms with Crippen LogP contribution in [0.2, 0.25) is 5.02 Å². The van der Waals surface area contributed by atoms with Crippen molar-refractivity contribution in [3.05, 3.63) is 58.0 Å². The molecule has 0 bridgehead atoms. The molecule has 1 fully saturated rings. The highest BCUT2D eigenvalue weighted by molar-refractivity contribution is 8.19. The molecule has 2 aromatic rings. The molecule has 0 radical (unpaired) electrons. The van der Waals surface area contributed by atoms with Crippen LogP contribution in [0.5, 0.6) is 11.5 Å². The molecule has 9 heteroatoms. The van der Waals surface area contributed by atoms with Gasteiger partial charge in [0.1, 0.15) is 0 Å². The molecule has 0 spiro atoms. The maximum Gasteiger partial charge on any atom is 0.344 e. The number of hydrogen-bond acceptors (Lipinski definition) is 7. The van der Waals surface area contributed by atoms with Crippen molar-refractivity contribution in [2.75, 3.05) is 25.2 Å². The Morgan fingerprint density at radius 3 is 2.67 bits per heavy atom. The summed E-state index contributed by atoms with van der Waals surface area (Å²) < 4.78 is 15.6. The molecule has 1 aliphatic heterocycles. The molecule has 1 aliphatic rings. The van der Waals surface area contributed by atoms with E-state index in [1.54, 1.807) is 55.5 Å². The van der Waals surface area contributed by atoms with Gasteiger partial charge in [0.15, 0.2) is 18.1 Å². The maximum absolute atomic E-state index is 12.8. The second-order valence-electron chi connectivity index (χ2n) is 6.00. The van der Waals surface area contributed by atoms with Crippen molar-refractivity contribution in [2.24, 2.45) is 0 Å². The Morgan fingerprint density at radius 2 is 1.97 bits per heavy atom. The van der Waals surface area contributed by atoms with Crippen LogP contribution in [0, 0.1) is 0 Å². The van der Waals surface area contributed by atoms with E-state index in [9.17, 15) is 14.4 Å². The molecular formula is C21H18ClNO6S. The molecule has 2 amide bonds. The number of benzene rings is 2. The average molecular weight is 448 g/mol. The molecule has 3 rings (SSSR count). The van der Waals surface area contributed by atoms with Gasteiger partial charge in [-0.1, -0.05) is 23.7 Å². The minimum atomic E-state index is -0.488. The number of nitrogens with zero attached hydrogens (tertiary/aromatic N) is 1. The van der Waals surface area contributed by atoms with E-state index in [2.05, 4.69) is 0 Å². The van der Waals surface area contributed by atoms with Gasteiger partial charge in [0, 0.05) is 5.02 Å². The molecule has 1 saturated heterocycles. The van der Waals surface area contributed by atoms with Crippen LogP contribution in [-0.4, -0.2) is 37.4 Å². The maximum atomic E-state index is 12.8. The molecule has 2 aromatic carbocycles. The quantitative estimate of drug-likeness (QED) is 0.455. The molecule has 0 saturated carbocycles. The van der Waals surface area contributed by atoms with Gasteiger partial charge >= 0.3 is 5.97 Å². The Balaban J connectivity index is 1.80. The highest BCUT2D eigenvalue weighted by Gasteiger charge is 2.36.